The van der Waals surface area contributed by atoms with Gasteiger partial charge in [-0.2, -0.15) is 15.8 Å². The molecule has 6 heteroatoms. The minimum atomic E-state index is -1.49. The van der Waals surface area contributed by atoms with Crippen molar-refractivity contribution in [1.29, 1.82) is 15.8 Å². The Bertz CT molecular complexity index is 829. The molecule has 0 amide bonds. The van der Waals surface area contributed by atoms with Gasteiger partial charge in [0.05, 0.1) is 23.4 Å². The predicted molar refractivity (Wildman–Crippen MR) is 90.7 cm³/mol. The minimum Gasteiger partial charge on any atom is -0.399 e. The lowest BCUT2D eigenvalue weighted by atomic mass is 9.58. The SMILES string of the molecule is N#CC1=C(N)C(C#N)(C#N)[C@@H](c2cc(Br)cs2)[C@@H]2CCCC=C12. The summed E-state index contributed by atoms with van der Waals surface area (Å²) in [6, 6.07) is 8.37. The van der Waals surface area contributed by atoms with Crippen LogP contribution in [0.5, 0.6) is 0 Å². The number of hydrogen-bond donors (Lipinski definition) is 1. The smallest absolute Gasteiger partial charge is 0.192 e. The van der Waals surface area contributed by atoms with Crippen LogP contribution >= 0.6 is 27.3 Å². The molecule has 2 aliphatic rings. The van der Waals surface area contributed by atoms with E-state index in [2.05, 4.69) is 34.1 Å². The Morgan fingerprint density at radius 3 is 2.61 bits per heavy atom. The lowest BCUT2D eigenvalue weighted by Gasteiger charge is -2.42. The minimum absolute atomic E-state index is 0.0180. The Balaban J connectivity index is 2.33. The maximum atomic E-state index is 9.83. The molecule has 3 rings (SSSR count). The van der Waals surface area contributed by atoms with Crippen molar-refractivity contribution >= 4 is 27.3 Å². The monoisotopic (exact) mass is 384 g/mol. The standard InChI is InChI=1S/C17H13BrN4S/c18-10-5-14(23-7-10)15-12-4-2-1-3-11(12)13(6-19)16(22)17(15,8-20)9-21/h3,5,7,12,15H,1-2,4,22H2/t12-,15-/m1/s1. The molecule has 0 spiro atoms. The number of rotatable bonds is 1. The van der Waals surface area contributed by atoms with Gasteiger partial charge in [0.15, 0.2) is 5.41 Å². The van der Waals surface area contributed by atoms with Crippen LogP contribution in [-0.4, -0.2) is 0 Å². The van der Waals surface area contributed by atoms with E-state index < -0.39 is 5.41 Å². The fraction of sp³-hybridized carbons (Fsp3) is 0.353. The Hall–Kier alpha value is -2.07. The van der Waals surface area contributed by atoms with Crippen molar-refractivity contribution in [3.63, 3.8) is 0 Å². The largest absolute Gasteiger partial charge is 0.399 e. The normalized spacial score (nSPS) is 25.6. The Kier molecular flexibility index (Phi) is 4.02. The van der Waals surface area contributed by atoms with Gasteiger partial charge in [-0.05, 0) is 52.7 Å². The highest BCUT2D eigenvalue weighted by Crippen LogP contribution is 2.56. The summed E-state index contributed by atoms with van der Waals surface area (Å²) in [5.74, 6) is -0.354. The van der Waals surface area contributed by atoms with E-state index in [1.807, 2.05) is 17.5 Å². The van der Waals surface area contributed by atoms with Crippen LogP contribution in [0.1, 0.15) is 30.1 Å². The summed E-state index contributed by atoms with van der Waals surface area (Å²) < 4.78 is 0.928. The molecule has 0 saturated heterocycles. The molecule has 0 bridgehead atoms. The van der Waals surface area contributed by atoms with E-state index in [9.17, 15) is 15.8 Å². The van der Waals surface area contributed by atoms with Crippen LogP contribution in [0, 0.1) is 45.3 Å². The van der Waals surface area contributed by atoms with Gasteiger partial charge in [0.1, 0.15) is 6.07 Å². The zero-order valence-electron chi connectivity index (χ0n) is 12.2. The van der Waals surface area contributed by atoms with Gasteiger partial charge in [0.2, 0.25) is 0 Å². The lowest BCUT2D eigenvalue weighted by molar-refractivity contribution is 0.321. The number of allylic oxidation sites excluding steroid dienone is 4. The number of hydrogen-bond acceptors (Lipinski definition) is 5. The summed E-state index contributed by atoms with van der Waals surface area (Å²) in [7, 11) is 0. The lowest BCUT2D eigenvalue weighted by Crippen LogP contribution is -2.42. The average Bonchev–Trinajstić information content (AvgIpc) is 3.00. The van der Waals surface area contributed by atoms with Gasteiger partial charge in [-0.15, -0.1) is 11.3 Å². The van der Waals surface area contributed by atoms with Crippen molar-refractivity contribution in [1.82, 2.24) is 0 Å². The van der Waals surface area contributed by atoms with Crippen LogP contribution in [0.2, 0.25) is 0 Å². The third kappa shape index (κ3) is 2.20. The summed E-state index contributed by atoms with van der Waals surface area (Å²) in [5, 5.41) is 31.1. The van der Waals surface area contributed by atoms with Gasteiger partial charge in [-0.3, -0.25) is 0 Å². The maximum Gasteiger partial charge on any atom is 0.192 e. The topological polar surface area (TPSA) is 97.4 Å². The number of halogens is 1. The summed E-state index contributed by atoms with van der Waals surface area (Å²) in [4.78, 5) is 0.956. The second kappa shape index (κ2) is 5.85. The quantitative estimate of drug-likeness (QED) is 0.787. The molecule has 2 atom stereocenters. The third-order valence-corrected chi connectivity index (χ3v) is 6.47. The van der Waals surface area contributed by atoms with E-state index in [-0.39, 0.29) is 17.5 Å². The third-order valence-electron chi connectivity index (χ3n) is 4.69. The zero-order valence-corrected chi connectivity index (χ0v) is 14.6. The van der Waals surface area contributed by atoms with Crippen molar-refractivity contribution in [2.75, 3.05) is 0 Å². The van der Waals surface area contributed by atoms with E-state index in [1.165, 1.54) is 11.3 Å². The average molecular weight is 385 g/mol. The molecule has 0 radical (unpaired) electrons. The van der Waals surface area contributed by atoms with Crippen molar-refractivity contribution in [2.45, 2.75) is 25.2 Å². The molecular formula is C17H13BrN4S. The predicted octanol–water partition coefficient (Wildman–Crippen LogP) is 4.10. The summed E-state index contributed by atoms with van der Waals surface area (Å²) in [5.41, 5.74) is 6.04. The molecule has 0 saturated carbocycles. The van der Waals surface area contributed by atoms with E-state index in [1.54, 1.807) is 0 Å². The van der Waals surface area contributed by atoms with Crippen LogP contribution < -0.4 is 5.73 Å². The highest BCUT2D eigenvalue weighted by molar-refractivity contribution is 9.10. The Morgan fingerprint density at radius 1 is 1.30 bits per heavy atom. The molecule has 1 heterocycles. The van der Waals surface area contributed by atoms with E-state index in [0.717, 1.165) is 34.2 Å². The second-order valence-electron chi connectivity index (χ2n) is 5.77. The maximum absolute atomic E-state index is 9.83. The molecule has 23 heavy (non-hydrogen) atoms. The number of thiophene rings is 1. The summed E-state index contributed by atoms with van der Waals surface area (Å²) in [6.45, 7) is 0. The fourth-order valence-electron chi connectivity index (χ4n) is 3.67. The molecular weight excluding hydrogens is 372 g/mol. The molecule has 0 aliphatic heterocycles. The van der Waals surface area contributed by atoms with Crippen LogP contribution in [0.4, 0.5) is 0 Å². The first-order chi connectivity index (χ1) is 11.1. The van der Waals surface area contributed by atoms with Gasteiger partial charge in [0, 0.05) is 20.6 Å². The molecule has 2 N–H and O–H groups in total. The highest BCUT2D eigenvalue weighted by Gasteiger charge is 2.54. The number of fused-ring (bicyclic) bond motifs is 1. The number of nitriles is 3. The molecule has 4 nitrogen and oxygen atoms in total. The molecule has 0 aromatic carbocycles. The first kappa shape index (κ1) is 15.8. The zero-order chi connectivity index (χ0) is 16.6. The van der Waals surface area contributed by atoms with Crippen LogP contribution in [0.3, 0.4) is 0 Å². The van der Waals surface area contributed by atoms with Gasteiger partial charge in [-0.25, -0.2) is 0 Å². The van der Waals surface area contributed by atoms with Gasteiger partial charge in [0.25, 0.3) is 0 Å². The van der Waals surface area contributed by atoms with Crippen LogP contribution in [0.25, 0.3) is 0 Å². The van der Waals surface area contributed by atoms with Crippen LogP contribution in [-0.2, 0) is 0 Å². The van der Waals surface area contributed by atoms with Crippen molar-refractivity contribution in [3.05, 3.63) is 43.7 Å². The molecule has 0 fully saturated rings. The molecule has 1 aromatic heterocycles. The van der Waals surface area contributed by atoms with E-state index >= 15 is 0 Å². The number of nitrogens with zero attached hydrogens (tertiary/aromatic N) is 3. The molecule has 1 aromatic rings. The Labute approximate surface area is 147 Å². The molecule has 114 valence electrons. The van der Waals surface area contributed by atoms with Crippen molar-refractivity contribution < 1.29 is 0 Å². The first-order valence-electron chi connectivity index (χ1n) is 7.26. The fourth-order valence-corrected chi connectivity index (χ4v) is 5.35. The Morgan fingerprint density at radius 2 is 2.04 bits per heavy atom. The van der Waals surface area contributed by atoms with Crippen molar-refractivity contribution in [2.24, 2.45) is 17.1 Å². The van der Waals surface area contributed by atoms with Gasteiger partial charge < -0.3 is 5.73 Å². The van der Waals surface area contributed by atoms with Gasteiger partial charge >= 0.3 is 0 Å². The van der Waals surface area contributed by atoms with Crippen LogP contribution in [0.15, 0.2) is 38.8 Å². The second-order valence-corrected chi connectivity index (χ2v) is 7.63. The summed E-state index contributed by atoms with van der Waals surface area (Å²) >= 11 is 4.96. The summed E-state index contributed by atoms with van der Waals surface area (Å²) in [6.07, 6.45) is 4.80. The van der Waals surface area contributed by atoms with Crippen molar-refractivity contribution in [3.8, 4) is 18.2 Å². The molecule has 2 aliphatic carbocycles. The highest BCUT2D eigenvalue weighted by atomic mass is 79.9. The van der Waals surface area contributed by atoms with E-state index in [4.69, 9.17) is 5.73 Å². The van der Waals surface area contributed by atoms with Gasteiger partial charge in [-0.1, -0.05) is 6.08 Å². The first-order valence-corrected chi connectivity index (χ1v) is 8.93. The number of nitrogens with two attached hydrogens (primary N) is 1. The molecule has 0 unspecified atom stereocenters. The van der Waals surface area contributed by atoms with E-state index in [0.29, 0.717) is 5.57 Å².